The summed E-state index contributed by atoms with van der Waals surface area (Å²) in [7, 11) is 3.18. The van der Waals surface area contributed by atoms with Gasteiger partial charge in [0, 0.05) is 11.1 Å². The Bertz CT molecular complexity index is 828. The van der Waals surface area contributed by atoms with E-state index in [9.17, 15) is 4.79 Å². The van der Waals surface area contributed by atoms with Crippen molar-refractivity contribution in [3.63, 3.8) is 0 Å². The number of carbonyl (C=O) groups excluding carboxylic acids is 1. The summed E-state index contributed by atoms with van der Waals surface area (Å²) >= 11 is 0. The van der Waals surface area contributed by atoms with Gasteiger partial charge in [-0.1, -0.05) is 36.4 Å². The van der Waals surface area contributed by atoms with Gasteiger partial charge >= 0.3 is 0 Å². The van der Waals surface area contributed by atoms with Crippen LogP contribution in [0.15, 0.2) is 48.0 Å². The quantitative estimate of drug-likeness (QED) is 0.443. The molecule has 0 unspecified atom stereocenters. The maximum Gasteiger partial charge on any atom is 0.253 e. The summed E-state index contributed by atoms with van der Waals surface area (Å²) in [6.07, 6.45) is 1.74. The van der Waals surface area contributed by atoms with Gasteiger partial charge in [-0.3, -0.25) is 15.5 Å². The van der Waals surface area contributed by atoms with Gasteiger partial charge in [-0.05, 0) is 30.2 Å². The summed E-state index contributed by atoms with van der Waals surface area (Å²) in [5, 5.41) is 9.43. The van der Waals surface area contributed by atoms with Gasteiger partial charge in [-0.2, -0.15) is 0 Å². The van der Waals surface area contributed by atoms with E-state index in [0.29, 0.717) is 17.1 Å². The standard InChI is InChI=1S/C19H21N3O3/c1-12(18(23)22-19(20)21)11-13-7-4-5-8-14(13)15-9-6-10-16(24-2)17(15)25-3/h4-11H,1-3H3,(H4,20,21,22,23)/b12-11+. The predicted octanol–water partition coefficient (Wildman–Crippen LogP) is 2.78. The van der Waals surface area contributed by atoms with Gasteiger partial charge in [0.2, 0.25) is 0 Å². The van der Waals surface area contributed by atoms with Gasteiger partial charge in [0.05, 0.1) is 14.2 Å². The van der Waals surface area contributed by atoms with E-state index in [-0.39, 0.29) is 5.96 Å². The second-order valence-corrected chi connectivity index (χ2v) is 5.32. The van der Waals surface area contributed by atoms with Crippen molar-refractivity contribution in [2.24, 2.45) is 5.73 Å². The minimum Gasteiger partial charge on any atom is -0.493 e. The van der Waals surface area contributed by atoms with Crippen LogP contribution in [0.4, 0.5) is 0 Å². The van der Waals surface area contributed by atoms with Crippen molar-refractivity contribution in [3.05, 3.63) is 53.6 Å². The molecule has 25 heavy (non-hydrogen) atoms. The fourth-order valence-corrected chi connectivity index (χ4v) is 2.49. The van der Waals surface area contributed by atoms with E-state index < -0.39 is 5.91 Å². The third-order valence-corrected chi connectivity index (χ3v) is 3.63. The van der Waals surface area contributed by atoms with E-state index in [1.165, 1.54) is 0 Å². The smallest absolute Gasteiger partial charge is 0.253 e. The minimum absolute atomic E-state index is 0.388. The third-order valence-electron chi connectivity index (χ3n) is 3.63. The first-order valence-electron chi connectivity index (χ1n) is 7.62. The minimum atomic E-state index is -0.417. The lowest BCUT2D eigenvalue weighted by Gasteiger charge is -2.14. The molecule has 0 aromatic heterocycles. The fourth-order valence-electron chi connectivity index (χ4n) is 2.49. The predicted molar refractivity (Wildman–Crippen MR) is 98.7 cm³/mol. The number of ether oxygens (including phenoxy) is 2. The molecule has 2 aromatic rings. The van der Waals surface area contributed by atoms with Gasteiger partial charge in [-0.25, -0.2) is 0 Å². The molecule has 130 valence electrons. The highest BCUT2D eigenvalue weighted by Crippen LogP contribution is 2.39. The zero-order valence-electron chi connectivity index (χ0n) is 14.4. The van der Waals surface area contributed by atoms with Crippen LogP contribution in [0.3, 0.4) is 0 Å². The fraction of sp³-hybridized carbons (Fsp3) is 0.158. The summed E-state index contributed by atoms with van der Waals surface area (Å²) < 4.78 is 10.9. The number of para-hydroxylation sites is 1. The first kappa shape index (κ1) is 18.1. The normalized spacial score (nSPS) is 10.9. The number of hydrogen-bond acceptors (Lipinski definition) is 4. The second-order valence-electron chi connectivity index (χ2n) is 5.32. The molecule has 6 nitrogen and oxygen atoms in total. The van der Waals surface area contributed by atoms with Crippen molar-refractivity contribution in [2.45, 2.75) is 6.92 Å². The number of amides is 1. The first-order valence-corrected chi connectivity index (χ1v) is 7.62. The molecule has 0 heterocycles. The Hall–Kier alpha value is -3.28. The monoisotopic (exact) mass is 339 g/mol. The molecule has 6 heteroatoms. The molecule has 0 spiro atoms. The number of hydrogen-bond donors (Lipinski definition) is 3. The highest BCUT2D eigenvalue weighted by atomic mass is 16.5. The molecule has 0 aliphatic heterocycles. The molecule has 0 aliphatic carbocycles. The Kier molecular flexibility index (Phi) is 5.79. The van der Waals surface area contributed by atoms with Gasteiger partial charge in [0.1, 0.15) is 0 Å². The summed E-state index contributed by atoms with van der Waals surface area (Å²) in [5.41, 5.74) is 8.23. The van der Waals surface area contributed by atoms with Crippen LogP contribution < -0.4 is 20.5 Å². The van der Waals surface area contributed by atoms with E-state index in [1.807, 2.05) is 42.5 Å². The van der Waals surface area contributed by atoms with E-state index in [1.54, 1.807) is 27.2 Å². The zero-order valence-corrected chi connectivity index (χ0v) is 14.4. The van der Waals surface area contributed by atoms with Crippen LogP contribution >= 0.6 is 0 Å². The molecule has 0 aliphatic rings. The molecule has 0 saturated carbocycles. The van der Waals surface area contributed by atoms with Crippen LogP contribution in [0.2, 0.25) is 0 Å². The first-order chi connectivity index (χ1) is 12.0. The lowest BCUT2D eigenvalue weighted by atomic mass is 9.97. The third kappa shape index (κ3) is 4.17. The van der Waals surface area contributed by atoms with Crippen LogP contribution in [0, 0.1) is 5.41 Å². The number of benzene rings is 2. The van der Waals surface area contributed by atoms with E-state index in [0.717, 1.165) is 16.7 Å². The highest BCUT2D eigenvalue weighted by Gasteiger charge is 2.14. The largest absolute Gasteiger partial charge is 0.493 e. The lowest BCUT2D eigenvalue weighted by Crippen LogP contribution is -2.36. The number of guanidine groups is 1. The number of rotatable bonds is 5. The Balaban J connectivity index is 2.53. The van der Waals surface area contributed by atoms with Gasteiger partial charge in [-0.15, -0.1) is 0 Å². The summed E-state index contributed by atoms with van der Waals surface area (Å²) in [6, 6.07) is 13.3. The maximum atomic E-state index is 12.0. The van der Waals surface area contributed by atoms with Crippen LogP contribution in [0.1, 0.15) is 12.5 Å². The van der Waals surface area contributed by atoms with Crippen LogP contribution in [0.25, 0.3) is 17.2 Å². The molecule has 1 amide bonds. The molecule has 0 radical (unpaired) electrons. The Labute approximate surface area is 146 Å². The van der Waals surface area contributed by atoms with Gasteiger partial charge in [0.15, 0.2) is 17.5 Å². The number of carbonyl (C=O) groups is 1. The SMILES string of the molecule is COc1cccc(-c2ccccc2/C=C(\C)C(=O)NC(=N)N)c1OC. The summed E-state index contributed by atoms with van der Waals surface area (Å²) in [6.45, 7) is 1.66. The van der Waals surface area contributed by atoms with Crippen molar-refractivity contribution in [1.82, 2.24) is 5.32 Å². The second kappa shape index (κ2) is 8.01. The Morgan fingerprint density at radius 3 is 2.40 bits per heavy atom. The highest BCUT2D eigenvalue weighted by molar-refractivity contribution is 6.06. The van der Waals surface area contributed by atoms with Crippen LogP contribution in [-0.2, 0) is 4.79 Å². The molecule has 0 saturated heterocycles. The van der Waals surface area contributed by atoms with Crippen LogP contribution in [0.5, 0.6) is 11.5 Å². The number of nitrogens with one attached hydrogen (secondary N) is 2. The van der Waals surface area contributed by atoms with Crippen molar-refractivity contribution in [1.29, 1.82) is 5.41 Å². The Morgan fingerprint density at radius 2 is 1.76 bits per heavy atom. The van der Waals surface area contributed by atoms with Gasteiger partial charge in [0.25, 0.3) is 5.91 Å². The van der Waals surface area contributed by atoms with E-state index >= 15 is 0 Å². The molecule has 0 fully saturated rings. The van der Waals surface area contributed by atoms with Crippen molar-refractivity contribution < 1.29 is 14.3 Å². The number of methoxy groups -OCH3 is 2. The molecule has 0 atom stereocenters. The van der Waals surface area contributed by atoms with Crippen molar-refractivity contribution >= 4 is 17.9 Å². The molecule has 4 N–H and O–H groups in total. The lowest BCUT2D eigenvalue weighted by molar-refractivity contribution is -0.116. The van der Waals surface area contributed by atoms with Gasteiger partial charge < -0.3 is 15.2 Å². The average molecular weight is 339 g/mol. The topological polar surface area (TPSA) is 97.4 Å². The Morgan fingerprint density at radius 1 is 1.08 bits per heavy atom. The van der Waals surface area contributed by atoms with E-state index in [4.69, 9.17) is 20.6 Å². The average Bonchev–Trinajstić information content (AvgIpc) is 2.60. The molecule has 0 bridgehead atoms. The summed E-state index contributed by atoms with van der Waals surface area (Å²) in [5.74, 6) is 0.446. The number of nitrogens with two attached hydrogens (primary N) is 1. The van der Waals surface area contributed by atoms with Crippen molar-refractivity contribution in [2.75, 3.05) is 14.2 Å². The zero-order chi connectivity index (χ0) is 18.4. The maximum absolute atomic E-state index is 12.0. The summed E-state index contributed by atoms with van der Waals surface area (Å²) in [4.78, 5) is 12.0. The van der Waals surface area contributed by atoms with Crippen molar-refractivity contribution in [3.8, 4) is 22.6 Å². The van der Waals surface area contributed by atoms with E-state index in [2.05, 4.69) is 5.32 Å². The molecular formula is C19H21N3O3. The molecule has 2 aromatic carbocycles. The molecular weight excluding hydrogens is 318 g/mol. The molecule has 2 rings (SSSR count). The van der Waals surface area contributed by atoms with Crippen LogP contribution in [-0.4, -0.2) is 26.1 Å².